The van der Waals surface area contributed by atoms with Gasteiger partial charge in [-0.25, -0.2) is 4.98 Å². The fourth-order valence-electron chi connectivity index (χ4n) is 2.07. The molecule has 0 fully saturated rings. The molecular formula is C16H25IN4OS. The Balaban J connectivity index is 0.00000264. The lowest BCUT2D eigenvalue weighted by Crippen LogP contribution is -2.39. The van der Waals surface area contributed by atoms with Crippen molar-refractivity contribution in [3.05, 3.63) is 39.7 Å². The van der Waals surface area contributed by atoms with Crippen LogP contribution >= 0.6 is 35.3 Å². The SMILES string of the molecule is CCc1cnc(CCNC(=NC)NC(C)c2ccc(C)o2)s1.I. The van der Waals surface area contributed by atoms with E-state index in [1.54, 1.807) is 18.4 Å². The van der Waals surface area contributed by atoms with Crippen LogP contribution in [0, 0.1) is 6.92 Å². The van der Waals surface area contributed by atoms with Crippen LogP contribution in [0.5, 0.6) is 0 Å². The first-order valence-corrected chi connectivity index (χ1v) is 8.41. The van der Waals surface area contributed by atoms with E-state index in [0.29, 0.717) is 0 Å². The van der Waals surface area contributed by atoms with E-state index < -0.39 is 0 Å². The summed E-state index contributed by atoms with van der Waals surface area (Å²) in [5, 5.41) is 7.81. The summed E-state index contributed by atoms with van der Waals surface area (Å²) in [7, 11) is 1.77. The molecule has 5 nitrogen and oxygen atoms in total. The predicted molar refractivity (Wildman–Crippen MR) is 107 cm³/mol. The molecule has 2 rings (SSSR count). The number of rotatable bonds is 6. The minimum absolute atomic E-state index is 0. The van der Waals surface area contributed by atoms with Gasteiger partial charge in [0.05, 0.1) is 11.0 Å². The average molecular weight is 448 g/mol. The summed E-state index contributed by atoms with van der Waals surface area (Å²) in [5.74, 6) is 2.60. The lowest BCUT2D eigenvalue weighted by molar-refractivity contribution is 0.441. The van der Waals surface area contributed by atoms with E-state index in [4.69, 9.17) is 4.42 Å². The average Bonchev–Trinajstić information content (AvgIpc) is 3.14. The normalized spacial score (nSPS) is 12.6. The maximum absolute atomic E-state index is 5.63. The van der Waals surface area contributed by atoms with Gasteiger partial charge < -0.3 is 15.1 Å². The Morgan fingerprint density at radius 3 is 2.78 bits per heavy atom. The third kappa shape index (κ3) is 6.14. The summed E-state index contributed by atoms with van der Waals surface area (Å²) >= 11 is 1.78. The van der Waals surface area contributed by atoms with Crippen LogP contribution in [0.1, 0.15) is 41.3 Å². The van der Waals surface area contributed by atoms with Gasteiger partial charge in [0, 0.05) is 31.1 Å². The summed E-state index contributed by atoms with van der Waals surface area (Å²) in [4.78, 5) is 10.0. The highest BCUT2D eigenvalue weighted by molar-refractivity contribution is 14.0. The number of furan rings is 1. The molecule has 0 bridgehead atoms. The van der Waals surface area contributed by atoms with Crippen molar-refractivity contribution < 1.29 is 4.42 Å². The number of thiazole rings is 1. The predicted octanol–water partition coefficient (Wildman–Crippen LogP) is 3.69. The third-order valence-corrected chi connectivity index (χ3v) is 4.55. The van der Waals surface area contributed by atoms with Gasteiger partial charge in [-0.1, -0.05) is 6.92 Å². The Labute approximate surface area is 159 Å². The zero-order valence-corrected chi connectivity index (χ0v) is 17.2. The van der Waals surface area contributed by atoms with Crippen molar-refractivity contribution in [2.45, 2.75) is 39.7 Å². The van der Waals surface area contributed by atoms with E-state index in [9.17, 15) is 0 Å². The van der Waals surface area contributed by atoms with E-state index in [-0.39, 0.29) is 30.0 Å². The Kier molecular flexibility index (Phi) is 8.60. The molecule has 2 aromatic rings. The van der Waals surface area contributed by atoms with Gasteiger partial charge in [0.15, 0.2) is 5.96 Å². The van der Waals surface area contributed by atoms with Crippen LogP contribution in [0.4, 0.5) is 0 Å². The summed E-state index contributed by atoms with van der Waals surface area (Å²) < 4.78 is 5.63. The highest BCUT2D eigenvalue weighted by Crippen LogP contribution is 2.15. The van der Waals surface area contributed by atoms with Crippen LogP contribution < -0.4 is 10.6 Å². The molecule has 0 aliphatic rings. The lowest BCUT2D eigenvalue weighted by atomic mass is 10.2. The Morgan fingerprint density at radius 2 is 2.22 bits per heavy atom. The number of aryl methyl sites for hydroxylation is 2. The molecule has 23 heavy (non-hydrogen) atoms. The minimum atomic E-state index is 0. The van der Waals surface area contributed by atoms with Gasteiger partial charge in [-0.05, 0) is 32.4 Å². The second-order valence-electron chi connectivity index (χ2n) is 5.14. The molecule has 7 heteroatoms. The van der Waals surface area contributed by atoms with E-state index in [2.05, 4.69) is 34.5 Å². The Bertz CT molecular complexity index is 623. The molecule has 0 saturated heterocycles. The second-order valence-corrected chi connectivity index (χ2v) is 6.34. The summed E-state index contributed by atoms with van der Waals surface area (Å²) in [6.45, 7) is 6.96. The highest BCUT2D eigenvalue weighted by Gasteiger charge is 2.11. The standard InChI is InChI=1S/C16H24N4OS.HI/c1-5-13-10-19-15(22-13)8-9-18-16(17-4)20-12(3)14-7-6-11(2)21-14;/h6-7,10,12H,5,8-9H2,1-4H3,(H2,17,18,20);1H. The summed E-state index contributed by atoms with van der Waals surface area (Å²) in [5.41, 5.74) is 0. The van der Waals surface area contributed by atoms with E-state index >= 15 is 0 Å². The number of aromatic nitrogens is 1. The zero-order valence-electron chi connectivity index (χ0n) is 14.0. The van der Waals surface area contributed by atoms with Gasteiger partial charge in [-0.15, -0.1) is 35.3 Å². The van der Waals surface area contributed by atoms with Crippen LogP contribution in [-0.4, -0.2) is 24.5 Å². The first-order valence-electron chi connectivity index (χ1n) is 7.59. The quantitative estimate of drug-likeness (QED) is 0.402. The first kappa shape index (κ1) is 20.0. The van der Waals surface area contributed by atoms with E-state index in [1.165, 1.54) is 4.88 Å². The van der Waals surface area contributed by atoms with Crippen molar-refractivity contribution in [1.82, 2.24) is 15.6 Å². The van der Waals surface area contributed by atoms with Crippen LogP contribution in [0.25, 0.3) is 0 Å². The summed E-state index contributed by atoms with van der Waals surface area (Å²) in [6, 6.07) is 4.03. The highest BCUT2D eigenvalue weighted by atomic mass is 127. The molecule has 0 aliphatic heterocycles. The Morgan fingerprint density at radius 1 is 1.43 bits per heavy atom. The fourth-order valence-corrected chi connectivity index (χ4v) is 2.93. The van der Waals surface area contributed by atoms with Crippen molar-refractivity contribution in [3.63, 3.8) is 0 Å². The molecule has 0 spiro atoms. The molecular weight excluding hydrogens is 423 g/mol. The lowest BCUT2D eigenvalue weighted by Gasteiger charge is -2.16. The third-order valence-electron chi connectivity index (χ3n) is 3.35. The molecule has 0 aliphatic carbocycles. The number of nitrogens with one attached hydrogen (secondary N) is 2. The topological polar surface area (TPSA) is 62.5 Å². The van der Waals surface area contributed by atoms with Gasteiger partial charge in [0.2, 0.25) is 0 Å². The van der Waals surface area contributed by atoms with Gasteiger partial charge in [-0.2, -0.15) is 0 Å². The van der Waals surface area contributed by atoms with Crippen LogP contribution in [-0.2, 0) is 12.8 Å². The number of hydrogen-bond donors (Lipinski definition) is 2. The van der Waals surface area contributed by atoms with Crippen LogP contribution in [0.15, 0.2) is 27.7 Å². The maximum Gasteiger partial charge on any atom is 0.191 e. The van der Waals surface area contributed by atoms with Crippen LogP contribution in [0.2, 0.25) is 0 Å². The van der Waals surface area contributed by atoms with Crippen molar-refractivity contribution in [2.75, 3.05) is 13.6 Å². The Hall–Kier alpha value is -1.09. The molecule has 0 radical (unpaired) electrons. The van der Waals surface area contributed by atoms with Crippen LogP contribution in [0.3, 0.4) is 0 Å². The van der Waals surface area contributed by atoms with E-state index in [1.807, 2.05) is 25.3 Å². The maximum atomic E-state index is 5.63. The molecule has 1 atom stereocenters. The molecule has 0 amide bonds. The van der Waals surface area contributed by atoms with Gasteiger partial charge in [-0.3, -0.25) is 4.99 Å². The largest absolute Gasteiger partial charge is 0.464 e. The molecule has 1 unspecified atom stereocenters. The number of guanidine groups is 1. The zero-order chi connectivity index (χ0) is 15.9. The minimum Gasteiger partial charge on any atom is -0.464 e. The molecule has 2 heterocycles. The molecule has 0 aromatic carbocycles. The van der Waals surface area contributed by atoms with Gasteiger partial charge in [0.25, 0.3) is 0 Å². The molecule has 2 aromatic heterocycles. The monoisotopic (exact) mass is 448 g/mol. The van der Waals surface area contributed by atoms with Gasteiger partial charge >= 0.3 is 0 Å². The molecule has 128 valence electrons. The first-order chi connectivity index (χ1) is 10.6. The van der Waals surface area contributed by atoms with Crippen molar-refractivity contribution in [2.24, 2.45) is 4.99 Å². The smallest absolute Gasteiger partial charge is 0.191 e. The van der Waals surface area contributed by atoms with E-state index in [0.717, 1.165) is 41.9 Å². The van der Waals surface area contributed by atoms with Crippen molar-refractivity contribution >= 4 is 41.3 Å². The number of halogens is 1. The molecule has 2 N–H and O–H groups in total. The van der Waals surface area contributed by atoms with Crippen molar-refractivity contribution in [3.8, 4) is 0 Å². The molecule has 0 saturated carbocycles. The summed E-state index contributed by atoms with van der Waals surface area (Å²) in [6.07, 6.45) is 3.92. The van der Waals surface area contributed by atoms with Gasteiger partial charge in [0.1, 0.15) is 11.5 Å². The number of hydrogen-bond acceptors (Lipinski definition) is 4. The number of aliphatic imine (C=N–C) groups is 1. The fraction of sp³-hybridized carbons (Fsp3) is 0.500. The van der Waals surface area contributed by atoms with Crippen molar-refractivity contribution in [1.29, 1.82) is 0 Å². The number of nitrogens with zero attached hydrogens (tertiary/aromatic N) is 2. The second kappa shape index (κ2) is 9.92.